The largest absolute Gasteiger partial charge is 0.441 e. The molecule has 2 aliphatic heterocycles. The zero-order valence-corrected chi connectivity index (χ0v) is 15.2. The number of nitrogens with one attached hydrogen (secondary N) is 1. The van der Waals surface area contributed by atoms with Gasteiger partial charge in [0, 0.05) is 18.4 Å². The van der Waals surface area contributed by atoms with Crippen LogP contribution in [0, 0.1) is 5.82 Å². The van der Waals surface area contributed by atoms with E-state index in [-0.39, 0.29) is 18.5 Å². The molecule has 4 rings (SSSR count). The number of halogens is 1. The molecule has 1 aromatic carbocycles. The smallest absolute Gasteiger partial charge is 0.407 e. The van der Waals surface area contributed by atoms with Crippen molar-refractivity contribution in [3.63, 3.8) is 0 Å². The molecule has 2 fully saturated rings. The molecule has 0 spiro atoms. The molecule has 28 heavy (non-hydrogen) atoms. The van der Waals surface area contributed by atoms with E-state index >= 15 is 0 Å². The van der Waals surface area contributed by atoms with Gasteiger partial charge in [0.25, 0.3) is 0 Å². The van der Waals surface area contributed by atoms with E-state index in [1.54, 1.807) is 18.5 Å². The monoisotopic (exact) mass is 391 g/mol. The second-order valence-electron chi connectivity index (χ2n) is 6.88. The number of amides is 1. The van der Waals surface area contributed by atoms with Crippen LogP contribution in [0.3, 0.4) is 0 Å². The van der Waals surface area contributed by atoms with Crippen LogP contribution in [0.2, 0.25) is 0 Å². The Morgan fingerprint density at radius 3 is 3.04 bits per heavy atom. The van der Waals surface area contributed by atoms with Gasteiger partial charge in [-0.3, -0.25) is 0 Å². The highest BCUT2D eigenvalue weighted by Gasteiger charge is 2.31. The van der Waals surface area contributed by atoms with E-state index in [2.05, 4.69) is 10.4 Å². The van der Waals surface area contributed by atoms with Crippen LogP contribution in [-0.2, 0) is 20.8 Å². The lowest BCUT2D eigenvalue weighted by Gasteiger charge is -2.22. The Kier molecular flexibility index (Phi) is 5.56. The van der Waals surface area contributed by atoms with Gasteiger partial charge in [0.15, 0.2) is 12.4 Å². The van der Waals surface area contributed by atoms with E-state index in [9.17, 15) is 14.3 Å². The molecular formula is C19H22FN3O5. The van der Waals surface area contributed by atoms with E-state index in [0.29, 0.717) is 18.8 Å². The molecule has 2 aromatic rings. The number of cyclic esters (lactones) is 1. The van der Waals surface area contributed by atoms with Gasteiger partial charge in [0.2, 0.25) is 0 Å². The van der Waals surface area contributed by atoms with Crippen LogP contribution in [0.15, 0.2) is 30.6 Å². The summed E-state index contributed by atoms with van der Waals surface area (Å²) in [6.07, 6.45) is 3.69. The van der Waals surface area contributed by atoms with Crippen molar-refractivity contribution in [1.29, 1.82) is 0 Å². The number of hydrogen-bond acceptors (Lipinski definition) is 6. The number of rotatable bonds is 6. The fraction of sp³-hybridized carbons (Fsp3) is 0.474. The number of alkyl carbamates (subject to hydrolysis) is 1. The first-order valence-corrected chi connectivity index (χ1v) is 9.29. The fourth-order valence-corrected chi connectivity index (χ4v) is 3.29. The van der Waals surface area contributed by atoms with Gasteiger partial charge in [-0.1, -0.05) is 6.07 Å². The lowest BCUT2D eigenvalue weighted by molar-refractivity contribution is -0.168. The molecule has 1 aromatic heterocycles. The van der Waals surface area contributed by atoms with Gasteiger partial charge in [-0.15, -0.1) is 0 Å². The quantitative estimate of drug-likeness (QED) is 0.784. The van der Waals surface area contributed by atoms with Crippen LogP contribution in [-0.4, -0.2) is 46.5 Å². The van der Waals surface area contributed by atoms with Crippen LogP contribution in [0.4, 0.5) is 9.18 Å². The summed E-state index contributed by atoms with van der Waals surface area (Å²) in [6.45, 7) is 1.23. The van der Waals surface area contributed by atoms with E-state index in [4.69, 9.17) is 14.2 Å². The number of aliphatic hydroxyl groups excluding tert-OH is 1. The highest BCUT2D eigenvalue weighted by atomic mass is 19.1. The first kappa shape index (κ1) is 18.9. The summed E-state index contributed by atoms with van der Waals surface area (Å²) < 4.78 is 32.2. The van der Waals surface area contributed by atoms with E-state index in [1.807, 2.05) is 0 Å². The summed E-state index contributed by atoms with van der Waals surface area (Å²) in [5.41, 5.74) is 1.38. The summed E-state index contributed by atoms with van der Waals surface area (Å²) in [6, 6.07) is 4.34. The van der Waals surface area contributed by atoms with Crippen LogP contribution in [0.5, 0.6) is 0 Å². The first-order chi connectivity index (χ1) is 13.6. The van der Waals surface area contributed by atoms with Crippen LogP contribution in [0.25, 0.3) is 5.69 Å². The van der Waals surface area contributed by atoms with Crippen LogP contribution in [0.1, 0.15) is 36.5 Å². The van der Waals surface area contributed by atoms with Gasteiger partial charge in [0.1, 0.15) is 17.6 Å². The van der Waals surface area contributed by atoms with Gasteiger partial charge in [0.05, 0.1) is 19.3 Å². The SMILES string of the molecule is O=C1NCC(C(O)c2ccc(-n3cc(COC4CCCCO4)cn3)c(F)c2)O1. The number of carbonyl (C=O) groups is 1. The molecule has 0 radical (unpaired) electrons. The molecule has 0 saturated carbocycles. The number of hydrogen-bond donors (Lipinski definition) is 2. The Morgan fingerprint density at radius 2 is 2.32 bits per heavy atom. The lowest BCUT2D eigenvalue weighted by Crippen LogP contribution is -2.22. The third kappa shape index (κ3) is 4.16. The number of ether oxygens (including phenoxy) is 3. The second-order valence-corrected chi connectivity index (χ2v) is 6.88. The number of carbonyl (C=O) groups excluding carboxylic acids is 1. The number of aliphatic hydroxyl groups is 1. The molecule has 2 saturated heterocycles. The summed E-state index contributed by atoms with van der Waals surface area (Å²) in [7, 11) is 0. The van der Waals surface area contributed by atoms with Gasteiger partial charge in [-0.2, -0.15) is 5.10 Å². The molecule has 8 nitrogen and oxygen atoms in total. The van der Waals surface area contributed by atoms with Crippen molar-refractivity contribution >= 4 is 6.09 Å². The van der Waals surface area contributed by atoms with Crippen molar-refractivity contribution in [3.8, 4) is 5.69 Å². The average Bonchev–Trinajstić information content (AvgIpc) is 3.35. The summed E-state index contributed by atoms with van der Waals surface area (Å²) in [5.74, 6) is -0.542. The fourth-order valence-electron chi connectivity index (χ4n) is 3.29. The van der Waals surface area contributed by atoms with Gasteiger partial charge in [-0.05, 0) is 37.0 Å². The second kappa shape index (κ2) is 8.26. The molecular weight excluding hydrogens is 369 g/mol. The maximum absolute atomic E-state index is 14.6. The van der Waals surface area contributed by atoms with Crippen molar-refractivity contribution in [3.05, 3.63) is 47.5 Å². The van der Waals surface area contributed by atoms with E-state index in [1.165, 1.54) is 16.8 Å². The molecule has 0 bridgehead atoms. The molecule has 150 valence electrons. The minimum absolute atomic E-state index is 0.177. The average molecular weight is 391 g/mol. The third-order valence-corrected chi connectivity index (χ3v) is 4.83. The van der Waals surface area contributed by atoms with Gasteiger partial charge in [-0.25, -0.2) is 13.9 Å². The molecule has 1 amide bonds. The molecule has 3 heterocycles. The number of aromatic nitrogens is 2. The van der Waals surface area contributed by atoms with E-state index < -0.39 is 24.1 Å². The molecule has 3 unspecified atom stereocenters. The summed E-state index contributed by atoms with van der Waals surface area (Å²) in [5, 5.41) is 16.9. The predicted octanol–water partition coefficient (Wildman–Crippen LogP) is 2.20. The highest BCUT2D eigenvalue weighted by Crippen LogP contribution is 2.25. The maximum Gasteiger partial charge on any atom is 0.407 e. The normalized spacial score (nSPS) is 23.3. The number of nitrogens with zero attached hydrogens (tertiary/aromatic N) is 2. The molecule has 3 atom stereocenters. The standard InChI is InChI=1S/C19H22FN3O5/c20-14-7-13(18(24)16-9-21-19(25)28-16)4-5-15(14)23-10-12(8-22-23)11-27-17-3-1-2-6-26-17/h4-5,7-8,10,16-18,24H,1-3,6,9,11H2,(H,21,25). The van der Waals surface area contributed by atoms with Crippen molar-refractivity contribution < 1.29 is 28.5 Å². The van der Waals surface area contributed by atoms with Crippen LogP contribution >= 0.6 is 0 Å². The molecule has 9 heteroatoms. The molecule has 0 aliphatic carbocycles. The van der Waals surface area contributed by atoms with Crippen molar-refractivity contribution in [2.24, 2.45) is 0 Å². The summed E-state index contributed by atoms with van der Waals surface area (Å²) >= 11 is 0. The Balaban J connectivity index is 1.41. The van der Waals surface area contributed by atoms with Crippen molar-refractivity contribution in [1.82, 2.24) is 15.1 Å². The Hall–Kier alpha value is -2.49. The lowest BCUT2D eigenvalue weighted by atomic mass is 10.0. The number of benzene rings is 1. The van der Waals surface area contributed by atoms with E-state index in [0.717, 1.165) is 24.8 Å². The zero-order valence-electron chi connectivity index (χ0n) is 15.2. The summed E-state index contributed by atoms with van der Waals surface area (Å²) in [4.78, 5) is 11.1. The Labute approximate surface area is 161 Å². The topological polar surface area (TPSA) is 94.8 Å². The van der Waals surface area contributed by atoms with Crippen LogP contribution < -0.4 is 5.32 Å². The highest BCUT2D eigenvalue weighted by molar-refractivity contribution is 5.69. The van der Waals surface area contributed by atoms with Gasteiger partial charge >= 0.3 is 6.09 Å². The minimum atomic E-state index is -1.11. The Morgan fingerprint density at radius 1 is 1.43 bits per heavy atom. The third-order valence-electron chi connectivity index (χ3n) is 4.83. The predicted molar refractivity (Wildman–Crippen MR) is 95.1 cm³/mol. The Bertz CT molecular complexity index is 837. The van der Waals surface area contributed by atoms with Gasteiger partial charge < -0.3 is 24.6 Å². The zero-order chi connectivity index (χ0) is 19.5. The minimum Gasteiger partial charge on any atom is -0.441 e. The molecule has 2 N–H and O–H groups in total. The van der Waals surface area contributed by atoms with Crippen molar-refractivity contribution in [2.75, 3.05) is 13.2 Å². The maximum atomic E-state index is 14.6. The van der Waals surface area contributed by atoms with Crippen molar-refractivity contribution in [2.45, 2.75) is 44.4 Å². The molecule has 2 aliphatic rings. The first-order valence-electron chi connectivity index (χ1n) is 9.29.